The second-order valence-electron chi connectivity index (χ2n) is 7.37. The van der Waals surface area contributed by atoms with Gasteiger partial charge < -0.3 is 24.1 Å². The summed E-state index contributed by atoms with van der Waals surface area (Å²) in [6.45, 7) is 3.93. The van der Waals surface area contributed by atoms with Gasteiger partial charge in [-0.15, -0.1) is 0 Å². The van der Waals surface area contributed by atoms with Gasteiger partial charge in [0, 0.05) is 12.1 Å². The molecule has 0 spiro atoms. The van der Waals surface area contributed by atoms with Crippen LogP contribution < -0.4 is 14.2 Å². The van der Waals surface area contributed by atoms with Crippen molar-refractivity contribution in [3.05, 3.63) is 107 Å². The van der Waals surface area contributed by atoms with Gasteiger partial charge >= 0.3 is 5.97 Å². The highest BCUT2D eigenvalue weighted by atomic mass is 16.6. The molecule has 0 amide bonds. The van der Waals surface area contributed by atoms with E-state index in [0.29, 0.717) is 22.8 Å². The number of non-ortho nitro benzene ring substituents is 1. The molecule has 0 aromatic heterocycles. The SMILES string of the molecule is C=CCOC(=O)c1ccc(OCC(O)COc2ccc(OCc3ccc([N+](=O)[O-])cc3)cc2)cc1. The Morgan fingerprint density at radius 2 is 1.40 bits per heavy atom. The van der Waals surface area contributed by atoms with E-state index in [1.54, 1.807) is 60.7 Å². The molecule has 9 heteroatoms. The third-order valence-corrected chi connectivity index (χ3v) is 4.68. The maximum absolute atomic E-state index is 11.8. The summed E-state index contributed by atoms with van der Waals surface area (Å²) in [6, 6.07) is 19.4. The summed E-state index contributed by atoms with van der Waals surface area (Å²) in [6.07, 6.45) is 0.621. The Kier molecular flexibility index (Phi) is 9.21. The minimum absolute atomic E-state index is 0.0106. The highest BCUT2D eigenvalue weighted by Gasteiger charge is 2.10. The highest BCUT2D eigenvalue weighted by molar-refractivity contribution is 5.89. The van der Waals surface area contributed by atoms with Crippen LogP contribution in [0.3, 0.4) is 0 Å². The molecule has 9 nitrogen and oxygen atoms in total. The topological polar surface area (TPSA) is 117 Å². The predicted octanol–water partition coefficient (Wildman–Crippen LogP) is 4.34. The average Bonchev–Trinajstić information content (AvgIpc) is 2.89. The quantitative estimate of drug-likeness (QED) is 0.167. The molecule has 0 radical (unpaired) electrons. The zero-order chi connectivity index (χ0) is 25.0. The lowest BCUT2D eigenvalue weighted by molar-refractivity contribution is -0.384. The first kappa shape index (κ1) is 25.3. The van der Waals surface area contributed by atoms with Crippen molar-refractivity contribution in [2.75, 3.05) is 19.8 Å². The normalized spacial score (nSPS) is 11.2. The van der Waals surface area contributed by atoms with Crippen LogP contribution in [0.2, 0.25) is 0 Å². The van der Waals surface area contributed by atoms with Gasteiger partial charge in [-0.2, -0.15) is 0 Å². The van der Waals surface area contributed by atoms with E-state index in [9.17, 15) is 20.0 Å². The molecule has 35 heavy (non-hydrogen) atoms. The van der Waals surface area contributed by atoms with Crippen molar-refractivity contribution in [3.8, 4) is 17.2 Å². The van der Waals surface area contributed by atoms with E-state index < -0.39 is 17.0 Å². The van der Waals surface area contributed by atoms with Gasteiger partial charge in [-0.1, -0.05) is 12.7 Å². The number of ether oxygens (including phenoxy) is 4. The van der Waals surface area contributed by atoms with Crippen LogP contribution >= 0.6 is 0 Å². The van der Waals surface area contributed by atoms with E-state index in [4.69, 9.17) is 18.9 Å². The molecule has 0 heterocycles. The van der Waals surface area contributed by atoms with Crippen molar-refractivity contribution in [1.82, 2.24) is 0 Å². The number of esters is 1. The Hall–Kier alpha value is -4.37. The largest absolute Gasteiger partial charge is 0.491 e. The van der Waals surface area contributed by atoms with Gasteiger partial charge in [0.05, 0.1) is 10.5 Å². The number of hydrogen-bond donors (Lipinski definition) is 1. The number of carbonyl (C=O) groups is 1. The van der Waals surface area contributed by atoms with Crippen LogP contribution in [0.25, 0.3) is 0 Å². The smallest absolute Gasteiger partial charge is 0.338 e. The van der Waals surface area contributed by atoms with Crippen LogP contribution in [0.5, 0.6) is 17.2 Å². The van der Waals surface area contributed by atoms with Crippen LogP contribution in [0.15, 0.2) is 85.5 Å². The molecule has 3 aromatic carbocycles. The number of carbonyl (C=O) groups excluding carboxylic acids is 1. The maximum atomic E-state index is 11.8. The Morgan fingerprint density at radius 1 is 0.886 bits per heavy atom. The van der Waals surface area contributed by atoms with E-state index in [1.165, 1.54) is 18.2 Å². The first-order valence-corrected chi connectivity index (χ1v) is 10.7. The van der Waals surface area contributed by atoms with Gasteiger partial charge in [0.1, 0.15) is 49.8 Å². The number of aliphatic hydroxyl groups is 1. The number of nitro groups is 1. The summed E-state index contributed by atoms with van der Waals surface area (Å²) in [7, 11) is 0. The molecule has 0 fully saturated rings. The monoisotopic (exact) mass is 479 g/mol. The Balaban J connectivity index is 1.38. The van der Waals surface area contributed by atoms with Gasteiger partial charge in [-0.3, -0.25) is 10.1 Å². The van der Waals surface area contributed by atoms with Crippen molar-refractivity contribution >= 4 is 11.7 Å². The first-order valence-electron chi connectivity index (χ1n) is 10.7. The van der Waals surface area contributed by atoms with Gasteiger partial charge in [0.25, 0.3) is 5.69 Å². The molecule has 0 saturated carbocycles. The lowest BCUT2D eigenvalue weighted by Crippen LogP contribution is -2.25. The minimum Gasteiger partial charge on any atom is -0.491 e. The summed E-state index contributed by atoms with van der Waals surface area (Å²) in [5.41, 5.74) is 1.23. The summed E-state index contributed by atoms with van der Waals surface area (Å²) < 4.78 is 21.7. The zero-order valence-electron chi connectivity index (χ0n) is 18.9. The number of hydrogen-bond acceptors (Lipinski definition) is 8. The van der Waals surface area contributed by atoms with Crippen molar-refractivity contribution in [2.24, 2.45) is 0 Å². The number of aliphatic hydroxyl groups excluding tert-OH is 1. The average molecular weight is 479 g/mol. The molecule has 0 bridgehead atoms. The van der Waals surface area contributed by atoms with E-state index in [2.05, 4.69) is 6.58 Å². The van der Waals surface area contributed by atoms with Crippen LogP contribution in [0.1, 0.15) is 15.9 Å². The van der Waals surface area contributed by atoms with Gasteiger partial charge in [0.15, 0.2) is 0 Å². The zero-order valence-corrected chi connectivity index (χ0v) is 18.9. The maximum Gasteiger partial charge on any atom is 0.338 e. The Morgan fingerprint density at radius 3 is 1.91 bits per heavy atom. The Labute approximate surface area is 202 Å². The summed E-state index contributed by atoms with van der Waals surface area (Å²) in [5, 5.41) is 20.8. The van der Waals surface area contributed by atoms with E-state index in [0.717, 1.165) is 5.56 Å². The molecule has 3 aromatic rings. The molecular formula is C26H25NO8. The van der Waals surface area contributed by atoms with E-state index in [1.807, 2.05) is 0 Å². The minimum atomic E-state index is -0.870. The number of benzene rings is 3. The second kappa shape index (κ2) is 12.8. The van der Waals surface area contributed by atoms with Crippen molar-refractivity contribution in [1.29, 1.82) is 0 Å². The molecule has 3 rings (SSSR count). The summed E-state index contributed by atoms with van der Waals surface area (Å²) in [4.78, 5) is 22.0. The standard InChI is InChI=1S/C26H25NO8/c1-2-15-32-26(29)20-5-9-23(10-6-20)34-17-22(28)18-35-25-13-11-24(12-14-25)33-16-19-3-7-21(8-4-19)27(30)31/h2-14,22,28H,1,15-18H2. The van der Waals surface area contributed by atoms with Crippen molar-refractivity contribution < 1.29 is 33.8 Å². The van der Waals surface area contributed by atoms with Crippen molar-refractivity contribution in [3.63, 3.8) is 0 Å². The fraction of sp³-hybridized carbons (Fsp3) is 0.192. The van der Waals surface area contributed by atoms with Crippen LogP contribution in [0, 0.1) is 10.1 Å². The van der Waals surface area contributed by atoms with Crippen LogP contribution in [-0.2, 0) is 11.3 Å². The molecule has 0 saturated heterocycles. The molecular weight excluding hydrogens is 454 g/mol. The number of nitrogens with zero attached hydrogens (tertiary/aromatic N) is 1. The Bertz CT molecular complexity index is 1110. The molecule has 1 N–H and O–H groups in total. The number of nitro benzene ring substituents is 1. The first-order chi connectivity index (χ1) is 16.9. The predicted molar refractivity (Wildman–Crippen MR) is 128 cm³/mol. The highest BCUT2D eigenvalue weighted by Crippen LogP contribution is 2.20. The lowest BCUT2D eigenvalue weighted by Gasteiger charge is -2.14. The third-order valence-electron chi connectivity index (χ3n) is 4.68. The van der Waals surface area contributed by atoms with Gasteiger partial charge in [0.2, 0.25) is 0 Å². The molecule has 0 aliphatic heterocycles. The molecule has 0 aliphatic rings. The fourth-order valence-electron chi connectivity index (χ4n) is 2.85. The second-order valence-corrected chi connectivity index (χ2v) is 7.37. The molecule has 0 aliphatic carbocycles. The van der Waals surface area contributed by atoms with Crippen LogP contribution in [-0.4, -0.2) is 41.9 Å². The summed E-state index contributed by atoms with van der Waals surface area (Å²) >= 11 is 0. The summed E-state index contributed by atoms with van der Waals surface area (Å²) in [5.74, 6) is 1.21. The van der Waals surface area contributed by atoms with E-state index >= 15 is 0 Å². The lowest BCUT2D eigenvalue weighted by atomic mass is 10.2. The fourth-order valence-corrected chi connectivity index (χ4v) is 2.85. The third kappa shape index (κ3) is 8.17. The van der Waals surface area contributed by atoms with Crippen LogP contribution in [0.4, 0.5) is 5.69 Å². The van der Waals surface area contributed by atoms with Gasteiger partial charge in [-0.05, 0) is 66.2 Å². The van der Waals surface area contributed by atoms with E-state index in [-0.39, 0.29) is 32.1 Å². The molecule has 1 unspecified atom stereocenters. The number of rotatable bonds is 13. The van der Waals surface area contributed by atoms with Gasteiger partial charge in [-0.25, -0.2) is 4.79 Å². The molecule has 182 valence electrons. The molecule has 1 atom stereocenters. The van der Waals surface area contributed by atoms with Crippen molar-refractivity contribution in [2.45, 2.75) is 12.7 Å².